The van der Waals surface area contributed by atoms with Gasteiger partial charge in [-0.2, -0.15) is 0 Å². The maximum atomic E-state index is 13.7. The number of rotatable bonds is 4. The van der Waals surface area contributed by atoms with E-state index in [2.05, 4.69) is 4.99 Å². The molecule has 0 unspecified atom stereocenters. The number of amides is 1. The molecule has 0 bridgehead atoms. The highest BCUT2D eigenvalue weighted by atomic mass is 32.1. The van der Waals surface area contributed by atoms with Gasteiger partial charge in [0.2, 0.25) is 5.88 Å². The fraction of sp³-hybridized carbons (Fsp3) is 0.105. The highest BCUT2D eigenvalue weighted by Gasteiger charge is 2.27. The molecular formula is C19H13FN2O4S. The Morgan fingerprint density at radius 2 is 2.00 bits per heavy atom. The van der Waals surface area contributed by atoms with E-state index in [1.165, 1.54) is 18.2 Å². The maximum Gasteiger partial charge on any atom is 0.315 e. The summed E-state index contributed by atoms with van der Waals surface area (Å²) >= 11 is 0.695. The molecule has 0 fully saturated rings. The lowest BCUT2D eigenvalue weighted by Gasteiger charge is -2.11. The molecule has 2 heterocycles. The van der Waals surface area contributed by atoms with Crippen LogP contribution in [0.5, 0.6) is 11.6 Å². The van der Waals surface area contributed by atoms with Gasteiger partial charge in [0.05, 0.1) is 23.2 Å². The van der Waals surface area contributed by atoms with Gasteiger partial charge in [0, 0.05) is 5.22 Å². The number of halogens is 1. The minimum absolute atomic E-state index is 0.0109. The van der Waals surface area contributed by atoms with Crippen molar-refractivity contribution in [2.45, 2.75) is 6.92 Å². The third kappa shape index (κ3) is 2.74. The molecule has 1 aromatic heterocycles. The Morgan fingerprint density at radius 3 is 2.78 bits per heavy atom. The molecule has 0 spiro atoms. The van der Waals surface area contributed by atoms with Gasteiger partial charge in [-0.3, -0.25) is 9.59 Å². The monoisotopic (exact) mass is 384 g/mol. The van der Waals surface area contributed by atoms with Crippen LogP contribution in [0.4, 0.5) is 4.39 Å². The molecule has 3 aromatic rings. The normalized spacial score (nSPS) is 12.8. The molecule has 8 heteroatoms. The van der Waals surface area contributed by atoms with E-state index in [4.69, 9.17) is 4.74 Å². The molecule has 1 N–H and O–H groups in total. The molecule has 0 radical (unpaired) electrons. The quantitative estimate of drug-likeness (QED) is 0.739. The van der Waals surface area contributed by atoms with Crippen molar-refractivity contribution in [3.05, 3.63) is 73.4 Å². The maximum absolute atomic E-state index is 13.7. The molecule has 0 atom stereocenters. The summed E-state index contributed by atoms with van der Waals surface area (Å²) in [4.78, 5) is 28.4. The first-order valence-electron chi connectivity index (χ1n) is 8.11. The molecule has 6 nitrogen and oxygen atoms in total. The second-order valence-electron chi connectivity index (χ2n) is 5.71. The minimum atomic E-state index is -0.627. The van der Waals surface area contributed by atoms with Crippen molar-refractivity contribution in [2.24, 2.45) is 4.99 Å². The van der Waals surface area contributed by atoms with Gasteiger partial charge in [-0.05, 0) is 37.3 Å². The molecule has 2 aromatic carbocycles. The van der Waals surface area contributed by atoms with Crippen molar-refractivity contribution >= 4 is 22.8 Å². The summed E-state index contributed by atoms with van der Waals surface area (Å²) in [5, 5.41) is 11.3. The highest BCUT2D eigenvalue weighted by molar-refractivity contribution is 7.11. The fourth-order valence-electron chi connectivity index (χ4n) is 2.97. The zero-order valence-electron chi connectivity index (χ0n) is 14.1. The number of ether oxygens (including phenoxy) is 1. The zero-order chi connectivity index (χ0) is 19.1. The van der Waals surface area contributed by atoms with Crippen molar-refractivity contribution < 1.29 is 19.0 Å². The molecule has 0 saturated heterocycles. The zero-order valence-corrected chi connectivity index (χ0v) is 14.9. The van der Waals surface area contributed by atoms with E-state index in [9.17, 15) is 19.1 Å². The van der Waals surface area contributed by atoms with Gasteiger partial charge in [0.25, 0.3) is 5.91 Å². The Morgan fingerprint density at radius 1 is 1.22 bits per heavy atom. The Bertz CT molecular complexity index is 1260. The smallest absolute Gasteiger partial charge is 0.315 e. The van der Waals surface area contributed by atoms with Gasteiger partial charge in [-0.25, -0.2) is 13.9 Å². The van der Waals surface area contributed by atoms with Crippen molar-refractivity contribution in [1.29, 1.82) is 0 Å². The number of benzene rings is 2. The summed E-state index contributed by atoms with van der Waals surface area (Å²) in [6.07, 6.45) is 0. The average Bonchev–Trinajstić information content (AvgIpc) is 3.11. The summed E-state index contributed by atoms with van der Waals surface area (Å²) in [5.41, 5.74) is 0.364. The van der Waals surface area contributed by atoms with E-state index in [0.717, 1.165) is 4.57 Å². The van der Waals surface area contributed by atoms with Crippen LogP contribution in [0.25, 0.3) is 11.3 Å². The Hall–Kier alpha value is -3.26. The number of para-hydroxylation sites is 2. The topological polar surface area (TPSA) is 80.9 Å². The number of thiazole rings is 1. The number of carbonyl (C=O) groups excluding carboxylic acids is 1. The van der Waals surface area contributed by atoms with Crippen LogP contribution < -0.4 is 20.2 Å². The van der Waals surface area contributed by atoms with Crippen molar-refractivity contribution in [1.82, 2.24) is 4.57 Å². The van der Waals surface area contributed by atoms with Crippen LogP contribution in [0.3, 0.4) is 0 Å². The van der Waals surface area contributed by atoms with Crippen LogP contribution in [0.15, 0.2) is 52.3 Å². The van der Waals surface area contributed by atoms with E-state index in [1.54, 1.807) is 31.2 Å². The fourth-order valence-corrected chi connectivity index (χ4v) is 3.90. The van der Waals surface area contributed by atoms with E-state index in [1.807, 2.05) is 0 Å². The van der Waals surface area contributed by atoms with Crippen molar-refractivity contribution in [3.63, 3.8) is 0 Å². The van der Waals surface area contributed by atoms with Gasteiger partial charge in [-0.1, -0.05) is 23.5 Å². The van der Waals surface area contributed by atoms with Crippen molar-refractivity contribution in [2.75, 3.05) is 6.61 Å². The lowest BCUT2D eigenvalue weighted by atomic mass is 10.1. The third-order valence-electron chi connectivity index (χ3n) is 4.08. The van der Waals surface area contributed by atoms with E-state index in [-0.39, 0.29) is 15.7 Å². The number of hydrogen-bond donors (Lipinski definition) is 1. The molecule has 1 aliphatic heterocycles. The van der Waals surface area contributed by atoms with Crippen LogP contribution in [-0.2, 0) is 4.79 Å². The van der Waals surface area contributed by atoms with Gasteiger partial charge < -0.3 is 9.84 Å². The first-order chi connectivity index (χ1) is 13.0. The minimum Gasteiger partial charge on any atom is -0.493 e. The number of hydrogen-bond acceptors (Lipinski definition) is 5. The number of aromatic nitrogens is 1. The molecule has 27 heavy (non-hydrogen) atoms. The third-order valence-corrected chi connectivity index (χ3v) is 5.03. The summed E-state index contributed by atoms with van der Waals surface area (Å²) in [6.45, 7) is 2.18. The Kier molecular flexibility index (Phi) is 4.12. The lowest BCUT2D eigenvalue weighted by molar-refractivity contribution is -0.112. The predicted molar refractivity (Wildman–Crippen MR) is 97.4 cm³/mol. The number of aromatic hydroxyl groups is 1. The number of carbonyl (C=O) groups is 1. The first kappa shape index (κ1) is 17.2. The first-order valence-corrected chi connectivity index (χ1v) is 8.93. The molecular weight excluding hydrogens is 371 g/mol. The number of nitrogens with zero attached hydrogens (tertiary/aromatic N) is 2. The molecule has 1 amide bonds. The van der Waals surface area contributed by atoms with Gasteiger partial charge in [0.1, 0.15) is 16.4 Å². The van der Waals surface area contributed by atoms with Gasteiger partial charge >= 0.3 is 4.87 Å². The lowest BCUT2D eigenvalue weighted by Crippen LogP contribution is -2.23. The molecule has 136 valence electrons. The van der Waals surface area contributed by atoms with Crippen LogP contribution in [0.2, 0.25) is 0 Å². The summed E-state index contributed by atoms with van der Waals surface area (Å²) in [5.74, 6) is -1.16. The SMILES string of the molecule is CCOc1ccccc1-n1c(O)c(C2=c3cc(F)ccc3=NC2=O)sc1=O. The Labute approximate surface area is 156 Å². The molecule has 1 aliphatic rings. The van der Waals surface area contributed by atoms with E-state index >= 15 is 0 Å². The second kappa shape index (κ2) is 6.48. The summed E-state index contributed by atoms with van der Waals surface area (Å²) < 4.78 is 20.3. The second-order valence-corrected chi connectivity index (χ2v) is 6.67. The van der Waals surface area contributed by atoms with Crippen LogP contribution in [-0.4, -0.2) is 22.2 Å². The predicted octanol–water partition coefficient (Wildman–Crippen LogP) is 1.50. The summed E-state index contributed by atoms with van der Waals surface area (Å²) in [7, 11) is 0. The Balaban J connectivity index is 1.99. The van der Waals surface area contributed by atoms with E-state index in [0.29, 0.717) is 34.7 Å². The highest BCUT2D eigenvalue weighted by Crippen LogP contribution is 2.33. The van der Waals surface area contributed by atoms with Crippen LogP contribution >= 0.6 is 11.3 Å². The average molecular weight is 384 g/mol. The van der Waals surface area contributed by atoms with Crippen LogP contribution in [0.1, 0.15) is 11.8 Å². The van der Waals surface area contributed by atoms with Crippen LogP contribution in [0, 0.1) is 5.82 Å². The molecule has 0 aliphatic carbocycles. The number of fused-ring (bicyclic) bond motifs is 1. The summed E-state index contributed by atoms with van der Waals surface area (Å²) in [6, 6.07) is 10.5. The standard InChI is InChI=1S/C19H13FN2O4S/c1-2-26-14-6-4-3-5-13(14)22-18(24)16(27-19(22)25)15-11-9-10(20)7-8-12(11)21-17(15)23/h3-9,24H,2H2,1H3. The van der Waals surface area contributed by atoms with Gasteiger partial charge in [0.15, 0.2) is 0 Å². The molecule has 4 rings (SSSR count). The largest absolute Gasteiger partial charge is 0.493 e. The van der Waals surface area contributed by atoms with Gasteiger partial charge in [-0.15, -0.1) is 0 Å². The van der Waals surface area contributed by atoms with Crippen molar-refractivity contribution in [3.8, 4) is 17.3 Å². The van der Waals surface area contributed by atoms with E-state index < -0.39 is 22.5 Å². The molecule has 0 saturated carbocycles.